The zero-order valence-electron chi connectivity index (χ0n) is 9.99. The maximum Gasteiger partial charge on any atom is 0.146 e. The van der Waals surface area contributed by atoms with Crippen LogP contribution in [0.15, 0.2) is 18.3 Å². The molecule has 1 saturated heterocycles. The lowest BCUT2D eigenvalue weighted by atomic mass is 9.82. The lowest BCUT2D eigenvalue weighted by molar-refractivity contribution is 0.470. The fourth-order valence-electron chi connectivity index (χ4n) is 2.99. The predicted molar refractivity (Wildman–Crippen MR) is 71.1 cm³/mol. The van der Waals surface area contributed by atoms with Gasteiger partial charge in [-0.25, -0.2) is 4.98 Å². The van der Waals surface area contributed by atoms with Gasteiger partial charge < -0.3 is 5.32 Å². The Morgan fingerprint density at radius 2 is 2.33 bits per heavy atom. The van der Waals surface area contributed by atoms with Crippen molar-refractivity contribution in [3.05, 3.63) is 34.6 Å². The van der Waals surface area contributed by atoms with E-state index in [1.54, 1.807) is 6.20 Å². The van der Waals surface area contributed by atoms with Crippen molar-refractivity contribution in [2.75, 3.05) is 6.54 Å². The Labute approximate surface area is 111 Å². The highest BCUT2D eigenvalue weighted by Crippen LogP contribution is 2.36. The molecule has 0 spiro atoms. The van der Waals surface area contributed by atoms with Gasteiger partial charge in [0.25, 0.3) is 0 Å². The number of nitrogens with zero attached hydrogens (tertiary/aromatic N) is 2. The minimum Gasteiger partial charge on any atom is -0.310 e. The van der Waals surface area contributed by atoms with Crippen LogP contribution in [0.3, 0.4) is 0 Å². The van der Waals surface area contributed by atoms with E-state index in [1.807, 2.05) is 6.07 Å². The van der Waals surface area contributed by atoms with Crippen molar-refractivity contribution < 1.29 is 0 Å². The molecular weight excluding hydrogens is 246 g/mol. The van der Waals surface area contributed by atoms with Gasteiger partial charge in [0.05, 0.1) is 5.56 Å². The highest BCUT2D eigenvalue weighted by atomic mass is 35.5. The van der Waals surface area contributed by atoms with E-state index in [9.17, 15) is 0 Å². The van der Waals surface area contributed by atoms with Crippen molar-refractivity contribution in [1.29, 1.82) is 5.26 Å². The average Bonchev–Trinajstić information content (AvgIpc) is 2.87. The summed E-state index contributed by atoms with van der Waals surface area (Å²) in [6, 6.07) is 4.37. The van der Waals surface area contributed by atoms with Gasteiger partial charge in [0.1, 0.15) is 11.2 Å². The quantitative estimate of drug-likeness (QED) is 0.789. The topological polar surface area (TPSA) is 48.7 Å². The minimum atomic E-state index is 0.286. The molecule has 2 aliphatic rings. The molecule has 3 rings (SSSR count). The summed E-state index contributed by atoms with van der Waals surface area (Å²) in [4.78, 5) is 4.11. The van der Waals surface area contributed by atoms with E-state index >= 15 is 0 Å². The molecule has 2 atom stereocenters. The number of hydrogen-bond acceptors (Lipinski definition) is 3. The molecule has 1 aliphatic heterocycles. The normalized spacial score (nSPS) is 26.3. The molecule has 0 aromatic carbocycles. The van der Waals surface area contributed by atoms with E-state index in [2.05, 4.69) is 22.4 Å². The van der Waals surface area contributed by atoms with Gasteiger partial charge in [-0.15, -0.1) is 0 Å². The SMILES string of the molecule is N#Cc1cc(C2=CCC[C@@H]3CCN[C@H]23)cnc1Cl. The Kier molecular flexibility index (Phi) is 3.07. The largest absolute Gasteiger partial charge is 0.310 e. The summed E-state index contributed by atoms with van der Waals surface area (Å²) >= 11 is 5.88. The zero-order valence-corrected chi connectivity index (χ0v) is 10.7. The van der Waals surface area contributed by atoms with Crippen molar-refractivity contribution in [3.8, 4) is 6.07 Å². The summed E-state index contributed by atoms with van der Waals surface area (Å²) < 4.78 is 0. The van der Waals surface area contributed by atoms with E-state index < -0.39 is 0 Å². The van der Waals surface area contributed by atoms with Crippen molar-refractivity contribution >= 4 is 17.2 Å². The van der Waals surface area contributed by atoms with Crippen LogP contribution >= 0.6 is 11.6 Å². The number of hydrogen-bond donors (Lipinski definition) is 1. The van der Waals surface area contributed by atoms with E-state index in [1.165, 1.54) is 18.4 Å². The Morgan fingerprint density at radius 3 is 3.17 bits per heavy atom. The van der Waals surface area contributed by atoms with E-state index in [0.29, 0.717) is 11.6 Å². The second kappa shape index (κ2) is 4.72. The molecule has 0 bridgehead atoms. The van der Waals surface area contributed by atoms with Crippen LogP contribution in [0, 0.1) is 17.2 Å². The van der Waals surface area contributed by atoms with E-state index in [-0.39, 0.29) is 5.15 Å². The highest BCUT2D eigenvalue weighted by molar-refractivity contribution is 6.30. The molecule has 18 heavy (non-hydrogen) atoms. The Bertz CT molecular complexity index is 544. The molecule has 0 radical (unpaired) electrons. The third kappa shape index (κ3) is 1.92. The van der Waals surface area contributed by atoms with Crippen molar-refractivity contribution in [1.82, 2.24) is 10.3 Å². The number of aromatic nitrogens is 1. The van der Waals surface area contributed by atoms with Crippen LogP contribution in [0.2, 0.25) is 5.15 Å². The van der Waals surface area contributed by atoms with Crippen molar-refractivity contribution in [2.45, 2.75) is 25.3 Å². The van der Waals surface area contributed by atoms with Crippen LogP contribution in [-0.4, -0.2) is 17.6 Å². The van der Waals surface area contributed by atoms with Crippen molar-refractivity contribution in [2.24, 2.45) is 5.92 Å². The second-order valence-electron chi connectivity index (χ2n) is 4.89. The Morgan fingerprint density at radius 1 is 1.44 bits per heavy atom. The third-order valence-electron chi connectivity index (χ3n) is 3.88. The summed E-state index contributed by atoms with van der Waals surface area (Å²) in [5.74, 6) is 0.728. The lowest BCUT2D eigenvalue weighted by Crippen LogP contribution is -2.30. The number of nitriles is 1. The number of allylic oxidation sites excluding steroid dienone is 1. The molecule has 2 heterocycles. The van der Waals surface area contributed by atoms with Crippen LogP contribution in [0.5, 0.6) is 0 Å². The van der Waals surface area contributed by atoms with Gasteiger partial charge in [-0.3, -0.25) is 0 Å². The third-order valence-corrected chi connectivity index (χ3v) is 4.18. The molecule has 1 N–H and O–H groups in total. The van der Waals surface area contributed by atoms with Gasteiger partial charge in [0.2, 0.25) is 0 Å². The number of pyridine rings is 1. The molecule has 1 aliphatic carbocycles. The second-order valence-corrected chi connectivity index (χ2v) is 5.25. The standard InChI is InChI=1S/C14H14ClN3/c15-14-10(7-16)6-11(8-18-14)12-3-1-2-9-4-5-17-13(9)12/h3,6,8-9,13,17H,1-2,4-5H2/t9-,13+/m1/s1. The molecule has 1 aromatic rings. The molecule has 0 amide bonds. The average molecular weight is 260 g/mol. The van der Waals surface area contributed by atoms with Crippen LogP contribution in [0.25, 0.3) is 5.57 Å². The minimum absolute atomic E-state index is 0.286. The maximum absolute atomic E-state index is 9.02. The van der Waals surface area contributed by atoms with Gasteiger partial charge in [-0.1, -0.05) is 17.7 Å². The van der Waals surface area contributed by atoms with Gasteiger partial charge in [-0.05, 0) is 48.9 Å². The number of rotatable bonds is 1. The molecule has 4 heteroatoms. The smallest absolute Gasteiger partial charge is 0.146 e. The van der Waals surface area contributed by atoms with Gasteiger partial charge in [0, 0.05) is 12.2 Å². The maximum atomic E-state index is 9.02. The van der Waals surface area contributed by atoms with Gasteiger partial charge in [-0.2, -0.15) is 5.26 Å². The summed E-state index contributed by atoms with van der Waals surface area (Å²) in [6.45, 7) is 1.08. The first-order chi connectivity index (χ1) is 8.79. The monoisotopic (exact) mass is 259 g/mol. The lowest BCUT2D eigenvalue weighted by Gasteiger charge is -2.27. The molecule has 3 nitrogen and oxygen atoms in total. The fraction of sp³-hybridized carbons (Fsp3) is 0.429. The van der Waals surface area contributed by atoms with Crippen LogP contribution in [0.1, 0.15) is 30.4 Å². The van der Waals surface area contributed by atoms with Crippen LogP contribution in [0.4, 0.5) is 0 Å². The van der Waals surface area contributed by atoms with Gasteiger partial charge in [0.15, 0.2) is 0 Å². The summed E-state index contributed by atoms with van der Waals surface area (Å²) in [5.41, 5.74) is 2.76. The molecule has 1 aromatic heterocycles. The number of fused-ring (bicyclic) bond motifs is 1. The first-order valence-corrected chi connectivity index (χ1v) is 6.67. The van der Waals surface area contributed by atoms with E-state index in [0.717, 1.165) is 24.4 Å². The predicted octanol–water partition coefficient (Wildman–Crippen LogP) is 2.76. The fourth-order valence-corrected chi connectivity index (χ4v) is 3.14. The van der Waals surface area contributed by atoms with Crippen LogP contribution in [-0.2, 0) is 0 Å². The first kappa shape index (κ1) is 11.7. The Hall–Kier alpha value is -1.37. The van der Waals surface area contributed by atoms with Gasteiger partial charge >= 0.3 is 0 Å². The van der Waals surface area contributed by atoms with Crippen LogP contribution < -0.4 is 5.32 Å². The summed E-state index contributed by atoms with van der Waals surface area (Å²) in [6.07, 6.45) is 7.66. The molecular formula is C14H14ClN3. The number of nitrogens with one attached hydrogen (secondary N) is 1. The molecule has 1 fully saturated rings. The van der Waals surface area contributed by atoms with E-state index in [4.69, 9.17) is 16.9 Å². The highest BCUT2D eigenvalue weighted by Gasteiger charge is 2.32. The summed E-state index contributed by atoms with van der Waals surface area (Å²) in [5, 5.41) is 12.9. The molecule has 0 saturated carbocycles. The summed E-state index contributed by atoms with van der Waals surface area (Å²) in [7, 11) is 0. The number of halogens is 1. The molecule has 92 valence electrons. The van der Waals surface area contributed by atoms with Crippen molar-refractivity contribution in [3.63, 3.8) is 0 Å². The zero-order chi connectivity index (χ0) is 12.5. The Balaban J connectivity index is 1.99. The molecule has 0 unspecified atom stereocenters. The first-order valence-electron chi connectivity index (χ1n) is 6.29.